The molecule has 0 bridgehead atoms. The number of fused-ring (bicyclic) bond motifs is 1. The highest BCUT2D eigenvalue weighted by Gasteiger charge is 2.15. The molecule has 1 aliphatic heterocycles. The topological polar surface area (TPSA) is 47.0 Å². The molecule has 5 heteroatoms. The van der Waals surface area contributed by atoms with Crippen LogP contribution in [-0.4, -0.2) is 29.7 Å². The van der Waals surface area contributed by atoms with Crippen LogP contribution in [-0.2, 0) is 0 Å². The van der Waals surface area contributed by atoms with Gasteiger partial charge < -0.3 is 10.1 Å². The van der Waals surface area contributed by atoms with Crippen molar-refractivity contribution in [2.24, 2.45) is 5.92 Å². The third-order valence-electron chi connectivity index (χ3n) is 3.67. The third-order valence-corrected chi connectivity index (χ3v) is 4.34. The highest BCUT2D eigenvalue weighted by Crippen LogP contribution is 2.21. The summed E-state index contributed by atoms with van der Waals surface area (Å²) >= 11 is 2.29. The van der Waals surface area contributed by atoms with Crippen molar-refractivity contribution in [2.45, 2.75) is 19.8 Å². The number of piperidine rings is 1. The number of hydrogen-bond acceptors (Lipinski definition) is 4. The van der Waals surface area contributed by atoms with Crippen molar-refractivity contribution in [3.05, 3.63) is 27.5 Å². The maximum Gasteiger partial charge on any atom is 0.235 e. The average molecular weight is 383 g/mol. The van der Waals surface area contributed by atoms with E-state index < -0.39 is 0 Å². The second-order valence-electron chi connectivity index (χ2n) is 5.25. The highest BCUT2D eigenvalue weighted by molar-refractivity contribution is 14.1. The second-order valence-corrected chi connectivity index (χ2v) is 6.50. The zero-order chi connectivity index (χ0) is 13.9. The van der Waals surface area contributed by atoms with Gasteiger partial charge in [0.05, 0.1) is 17.6 Å². The molecule has 3 rings (SSSR count). The molecule has 20 heavy (non-hydrogen) atoms. The van der Waals surface area contributed by atoms with E-state index in [2.05, 4.69) is 37.9 Å². The predicted molar refractivity (Wildman–Crippen MR) is 88.1 cm³/mol. The molecule has 0 spiro atoms. The van der Waals surface area contributed by atoms with Gasteiger partial charge in [0, 0.05) is 3.57 Å². The molecule has 1 aromatic carbocycles. The van der Waals surface area contributed by atoms with E-state index in [1.807, 2.05) is 25.1 Å². The number of hydrogen-bond donors (Lipinski definition) is 1. The molecule has 0 amide bonds. The molecule has 4 nitrogen and oxygen atoms in total. The standard InChI is InChI=1S/C15H18IN3O/c1-10-15(20-9-11-4-6-17-7-5-11)19-13-3-2-12(16)8-14(13)18-10/h2-3,8,11,17H,4-7,9H2,1H3. The zero-order valence-electron chi connectivity index (χ0n) is 11.5. The predicted octanol–water partition coefficient (Wildman–Crippen LogP) is 2.92. The molecule has 2 heterocycles. The SMILES string of the molecule is Cc1nc2cc(I)ccc2nc1OCC1CCNCC1. The van der Waals surface area contributed by atoms with Crippen LogP contribution in [0.4, 0.5) is 0 Å². The lowest BCUT2D eigenvalue weighted by atomic mass is 9.99. The van der Waals surface area contributed by atoms with Gasteiger partial charge in [-0.1, -0.05) is 0 Å². The molecule has 0 radical (unpaired) electrons. The van der Waals surface area contributed by atoms with Crippen LogP contribution in [0.25, 0.3) is 11.0 Å². The van der Waals surface area contributed by atoms with Crippen LogP contribution in [0.3, 0.4) is 0 Å². The van der Waals surface area contributed by atoms with Crippen LogP contribution in [0.2, 0.25) is 0 Å². The fourth-order valence-electron chi connectivity index (χ4n) is 2.48. The molecule has 1 fully saturated rings. The lowest BCUT2D eigenvalue weighted by Crippen LogP contribution is -2.30. The summed E-state index contributed by atoms with van der Waals surface area (Å²) in [4.78, 5) is 9.19. The van der Waals surface area contributed by atoms with E-state index in [0.29, 0.717) is 11.8 Å². The molecule has 1 saturated heterocycles. The van der Waals surface area contributed by atoms with E-state index in [4.69, 9.17) is 4.74 Å². The van der Waals surface area contributed by atoms with Crippen molar-refractivity contribution in [1.82, 2.24) is 15.3 Å². The van der Waals surface area contributed by atoms with E-state index >= 15 is 0 Å². The molecule has 1 aliphatic rings. The zero-order valence-corrected chi connectivity index (χ0v) is 13.7. The van der Waals surface area contributed by atoms with Gasteiger partial charge in [0.25, 0.3) is 0 Å². The van der Waals surface area contributed by atoms with Gasteiger partial charge in [0.1, 0.15) is 5.69 Å². The second kappa shape index (κ2) is 6.22. The van der Waals surface area contributed by atoms with Gasteiger partial charge in [-0.3, -0.25) is 0 Å². The number of aromatic nitrogens is 2. The first-order chi connectivity index (χ1) is 9.72. The van der Waals surface area contributed by atoms with Crippen LogP contribution in [0, 0.1) is 16.4 Å². The number of halogens is 1. The fraction of sp³-hybridized carbons (Fsp3) is 0.467. The molecule has 1 aromatic heterocycles. The smallest absolute Gasteiger partial charge is 0.235 e. The summed E-state index contributed by atoms with van der Waals surface area (Å²) in [5.74, 6) is 1.31. The van der Waals surface area contributed by atoms with Gasteiger partial charge in [0.2, 0.25) is 5.88 Å². The van der Waals surface area contributed by atoms with Crippen molar-refractivity contribution < 1.29 is 4.74 Å². The fourth-order valence-corrected chi connectivity index (χ4v) is 2.96. The lowest BCUT2D eigenvalue weighted by molar-refractivity contribution is 0.207. The summed E-state index contributed by atoms with van der Waals surface area (Å²) in [6.45, 7) is 4.89. The van der Waals surface area contributed by atoms with Crippen molar-refractivity contribution >= 4 is 33.6 Å². The number of rotatable bonds is 3. The minimum Gasteiger partial charge on any atom is -0.476 e. The third kappa shape index (κ3) is 3.20. The van der Waals surface area contributed by atoms with E-state index in [1.54, 1.807) is 0 Å². The van der Waals surface area contributed by atoms with Gasteiger partial charge in [-0.25, -0.2) is 9.97 Å². The first kappa shape index (κ1) is 14.0. The molecule has 0 saturated carbocycles. The van der Waals surface area contributed by atoms with Crippen molar-refractivity contribution in [2.75, 3.05) is 19.7 Å². The van der Waals surface area contributed by atoms with Crippen molar-refractivity contribution in [1.29, 1.82) is 0 Å². The number of nitrogens with one attached hydrogen (secondary N) is 1. The van der Waals surface area contributed by atoms with Crippen molar-refractivity contribution in [3.63, 3.8) is 0 Å². The Morgan fingerprint density at radius 1 is 1.25 bits per heavy atom. The molecule has 0 unspecified atom stereocenters. The number of aryl methyl sites for hydroxylation is 1. The van der Waals surface area contributed by atoms with E-state index in [0.717, 1.165) is 36.4 Å². The lowest BCUT2D eigenvalue weighted by Gasteiger charge is -2.22. The van der Waals surface area contributed by atoms with Gasteiger partial charge in [-0.05, 0) is 79.6 Å². The summed E-state index contributed by atoms with van der Waals surface area (Å²) in [5, 5.41) is 3.37. The van der Waals surface area contributed by atoms with Crippen LogP contribution < -0.4 is 10.1 Å². The maximum absolute atomic E-state index is 5.91. The monoisotopic (exact) mass is 383 g/mol. The summed E-state index contributed by atoms with van der Waals surface area (Å²) < 4.78 is 7.08. The molecule has 106 valence electrons. The Labute approximate surface area is 132 Å². The average Bonchev–Trinajstić information content (AvgIpc) is 2.46. The Balaban J connectivity index is 1.77. The summed E-state index contributed by atoms with van der Waals surface area (Å²) in [6, 6.07) is 6.09. The maximum atomic E-state index is 5.91. The first-order valence-electron chi connectivity index (χ1n) is 7.00. The van der Waals surface area contributed by atoms with Gasteiger partial charge in [-0.2, -0.15) is 0 Å². The molecular weight excluding hydrogens is 365 g/mol. The van der Waals surface area contributed by atoms with Crippen LogP contribution >= 0.6 is 22.6 Å². The van der Waals surface area contributed by atoms with Crippen LogP contribution in [0.15, 0.2) is 18.2 Å². The Morgan fingerprint density at radius 2 is 2.05 bits per heavy atom. The van der Waals surface area contributed by atoms with E-state index in [1.165, 1.54) is 16.4 Å². The molecule has 0 aliphatic carbocycles. The van der Waals surface area contributed by atoms with Gasteiger partial charge in [-0.15, -0.1) is 0 Å². The molecule has 1 N–H and O–H groups in total. The van der Waals surface area contributed by atoms with Crippen LogP contribution in [0.5, 0.6) is 5.88 Å². The summed E-state index contributed by atoms with van der Waals surface area (Å²) in [7, 11) is 0. The highest BCUT2D eigenvalue weighted by atomic mass is 127. The number of nitrogens with zero attached hydrogens (tertiary/aromatic N) is 2. The quantitative estimate of drug-likeness (QED) is 0.829. The molecule has 0 atom stereocenters. The minimum atomic E-state index is 0.630. The number of ether oxygens (including phenoxy) is 1. The summed E-state index contributed by atoms with van der Waals surface area (Å²) in [5.41, 5.74) is 2.70. The van der Waals surface area contributed by atoms with Crippen molar-refractivity contribution in [3.8, 4) is 5.88 Å². The van der Waals surface area contributed by atoms with Gasteiger partial charge in [0.15, 0.2) is 0 Å². The van der Waals surface area contributed by atoms with E-state index in [-0.39, 0.29) is 0 Å². The Kier molecular flexibility index (Phi) is 4.35. The Hall–Kier alpha value is -0.950. The Morgan fingerprint density at radius 3 is 2.85 bits per heavy atom. The minimum absolute atomic E-state index is 0.630. The largest absolute Gasteiger partial charge is 0.476 e. The normalized spacial score (nSPS) is 16.5. The molecular formula is C15H18IN3O. The molecule has 2 aromatic rings. The summed E-state index contributed by atoms with van der Waals surface area (Å²) in [6.07, 6.45) is 2.36. The Bertz CT molecular complexity index is 611. The van der Waals surface area contributed by atoms with Crippen LogP contribution in [0.1, 0.15) is 18.5 Å². The number of benzene rings is 1. The van der Waals surface area contributed by atoms with E-state index in [9.17, 15) is 0 Å². The first-order valence-corrected chi connectivity index (χ1v) is 8.07. The van der Waals surface area contributed by atoms with Gasteiger partial charge >= 0.3 is 0 Å².